The molecular formula is C12H17N5O3. The van der Waals surface area contributed by atoms with E-state index in [-0.39, 0.29) is 31.1 Å². The van der Waals surface area contributed by atoms with Crippen LogP contribution in [0.1, 0.15) is 25.0 Å². The number of nitrogens with zero attached hydrogens (tertiary/aromatic N) is 4. The fourth-order valence-electron chi connectivity index (χ4n) is 3.37. The Kier molecular flexibility index (Phi) is 3.17. The molecule has 0 saturated carbocycles. The number of hydrogen-bond acceptors (Lipinski definition) is 5. The van der Waals surface area contributed by atoms with E-state index in [0.29, 0.717) is 12.1 Å². The number of fused-ring (bicyclic) bond motifs is 2. The fraction of sp³-hybridized carbons (Fsp3) is 0.667. The zero-order valence-electron chi connectivity index (χ0n) is 11.0. The molecule has 1 aromatic heterocycles. The number of carbonyl (C=O) groups is 2. The molecule has 1 amide bonds. The Morgan fingerprint density at radius 2 is 2.25 bits per heavy atom. The minimum atomic E-state index is -0.804. The van der Waals surface area contributed by atoms with Crippen molar-refractivity contribution >= 4 is 11.9 Å². The van der Waals surface area contributed by atoms with Crippen molar-refractivity contribution in [1.29, 1.82) is 0 Å². The molecule has 3 rings (SSSR count). The van der Waals surface area contributed by atoms with Gasteiger partial charge in [-0.05, 0) is 19.3 Å². The van der Waals surface area contributed by atoms with Crippen molar-refractivity contribution < 1.29 is 14.7 Å². The molecular weight excluding hydrogens is 262 g/mol. The maximum atomic E-state index is 12.4. The number of carbonyl (C=O) groups excluding carboxylic acids is 1. The van der Waals surface area contributed by atoms with Gasteiger partial charge in [0.1, 0.15) is 6.54 Å². The highest BCUT2D eigenvalue weighted by molar-refractivity contribution is 5.80. The second kappa shape index (κ2) is 4.86. The standard InChI is InChI=1S/C12H17N5O3/c13-4-7-5-16(15-14-7)6-11(18)17-8-1-2-10(17)9(3-8)12(19)20/h5,8-10H,1-4,6,13H2,(H,19,20). The van der Waals surface area contributed by atoms with Crippen LogP contribution in [0.2, 0.25) is 0 Å². The summed E-state index contributed by atoms with van der Waals surface area (Å²) >= 11 is 0. The van der Waals surface area contributed by atoms with Crippen LogP contribution in [-0.2, 0) is 22.7 Å². The van der Waals surface area contributed by atoms with Gasteiger partial charge in [0, 0.05) is 18.6 Å². The lowest BCUT2D eigenvalue weighted by atomic mass is 9.89. The first-order valence-electron chi connectivity index (χ1n) is 6.73. The summed E-state index contributed by atoms with van der Waals surface area (Å²) in [7, 11) is 0. The third-order valence-corrected chi connectivity index (χ3v) is 4.23. The Labute approximate surface area is 115 Å². The van der Waals surface area contributed by atoms with E-state index in [9.17, 15) is 14.7 Å². The summed E-state index contributed by atoms with van der Waals surface area (Å²) in [6.07, 6.45) is 3.88. The van der Waals surface area contributed by atoms with E-state index < -0.39 is 11.9 Å². The highest BCUT2D eigenvalue weighted by Crippen LogP contribution is 2.41. The van der Waals surface area contributed by atoms with Crippen molar-refractivity contribution in [2.75, 3.05) is 0 Å². The molecule has 8 nitrogen and oxygen atoms in total. The molecule has 8 heteroatoms. The molecule has 2 bridgehead atoms. The van der Waals surface area contributed by atoms with Crippen LogP contribution in [0.25, 0.3) is 0 Å². The van der Waals surface area contributed by atoms with Crippen LogP contribution in [0.3, 0.4) is 0 Å². The molecule has 20 heavy (non-hydrogen) atoms. The summed E-state index contributed by atoms with van der Waals surface area (Å²) in [6, 6.07) is -0.103. The van der Waals surface area contributed by atoms with E-state index in [1.807, 2.05) is 0 Å². The van der Waals surface area contributed by atoms with Crippen LogP contribution in [0.5, 0.6) is 0 Å². The van der Waals surface area contributed by atoms with Gasteiger partial charge in [0.2, 0.25) is 5.91 Å². The highest BCUT2D eigenvalue weighted by atomic mass is 16.4. The summed E-state index contributed by atoms with van der Waals surface area (Å²) in [6.45, 7) is 0.372. The number of aliphatic carboxylic acids is 1. The largest absolute Gasteiger partial charge is 0.481 e. The summed E-state index contributed by atoms with van der Waals surface area (Å²) in [4.78, 5) is 25.3. The van der Waals surface area contributed by atoms with E-state index >= 15 is 0 Å². The average molecular weight is 279 g/mol. The van der Waals surface area contributed by atoms with Crippen LogP contribution in [0, 0.1) is 5.92 Å². The number of nitrogens with two attached hydrogens (primary N) is 1. The van der Waals surface area contributed by atoms with Gasteiger partial charge in [-0.3, -0.25) is 9.59 Å². The lowest BCUT2D eigenvalue weighted by Crippen LogP contribution is -2.39. The number of carboxylic acid groups (broad SMARTS) is 1. The molecule has 0 aliphatic carbocycles. The molecule has 0 radical (unpaired) electrons. The van der Waals surface area contributed by atoms with Gasteiger partial charge < -0.3 is 15.7 Å². The molecule has 2 saturated heterocycles. The Balaban J connectivity index is 1.70. The average Bonchev–Trinajstić information content (AvgIpc) is 3.11. The van der Waals surface area contributed by atoms with Crippen molar-refractivity contribution in [2.24, 2.45) is 11.7 Å². The van der Waals surface area contributed by atoms with Gasteiger partial charge in [-0.25, -0.2) is 4.68 Å². The van der Waals surface area contributed by atoms with E-state index in [1.54, 1.807) is 11.1 Å². The molecule has 3 N–H and O–H groups in total. The van der Waals surface area contributed by atoms with E-state index in [4.69, 9.17) is 5.73 Å². The number of aromatic nitrogens is 3. The lowest BCUT2D eigenvalue weighted by molar-refractivity contribution is -0.143. The predicted octanol–water partition coefficient (Wildman–Crippen LogP) is -0.799. The minimum absolute atomic E-state index is 0.0612. The Bertz CT molecular complexity index is 543. The molecule has 108 valence electrons. The highest BCUT2D eigenvalue weighted by Gasteiger charge is 2.51. The quantitative estimate of drug-likeness (QED) is 0.745. The van der Waals surface area contributed by atoms with Crippen LogP contribution >= 0.6 is 0 Å². The molecule has 2 aliphatic heterocycles. The van der Waals surface area contributed by atoms with E-state index in [0.717, 1.165) is 12.8 Å². The molecule has 3 atom stereocenters. The van der Waals surface area contributed by atoms with E-state index in [2.05, 4.69) is 10.3 Å². The Morgan fingerprint density at radius 3 is 2.85 bits per heavy atom. The van der Waals surface area contributed by atoms with Gasteiger partial charge in [0.15, 0.2) is 0 Å². The summed E-state index contributed by atoms with van der Waals surface area (Å²) in [5.41, 5.74) is 6.08. The number of hydrogen-bond donors (Lipinski definition) is 2. The third-order valence-electron chi connectivity index (χ3n) is 4.23. The van der Waals surface area contributed by atoms with Crippen molar-refractivity contribution in [1.82, 2.24) is 19.9 Å². The van der Waals surface area contributed by atoms with Crippen molar-refractivity contribution in [3.63, 3.8) is 0 Å². The van der Waals surface area contributed by atoms with Gasteiger partial charge in [0.05, 0.1) is 17.8 Å². The molecule has 0 spiro atoms. The number of rotatable bonds is 4. The smallest absolute Gasteiger partial charge is 0.308 e. The first-order valence-corrected chi connectivity index (χ1v) is 6.73. The van der Waals surface area contributed by atoms with Gasteiger partial charge in [-0.15, -0.1) is 5.10 Å². The zero-order valence-corrected chi connectivity index (χ0v) is 11.0. The zero-order chi connectivity index (χ0) is 14.3. The SMILES string of the molecule is NCc1cn(CC(=O)N2C3CCC2C(C(=O)O)C3)nn1. The number of amides is 1. The van der Waals surface area contributed by atoms with Crippen molar-refractivity contribution in [3.8, 4) is 0 Å². The van der Waals surface area contributed by atoms with Gasteiger partial charge in [0.25, 0.3) is 0 Å². The monoisotopic (exact) mass is 279 g/mol. The third kappa shape index (κ3) is 2.05. The first kappa shape index (κ1) is 13.0. The fourth-order valence-corrected chi connectivity index (χ4v) is 3.37. The van der Waals surface area contributed by atoms with E-state index in [1.165, 1.54) is 4.68 Å². The minimum Gasteiger partial charge on any atom is -0.481 e. The molecule has 3 heterocycles. The summed E-state index contributed by atoms with van der Waals surface area (Å²) < 4.78 is 1.46. The molecule has 0 aromatic carbocycles. The molecule has 2 fully saturated rings. The van der Waals surface area contributed by atoms with Gasteiger partial charge >= 0.3 is 5.97 Å². The Hall–Kier alpha value is -1.96. The molecule has 2 aliphatic rings. The first-order chi connectivity index (χ1) is 9.60. The summed E-state index contributed by atoms with van der Waals surface area (Å²) in [5, 5.41) is 16.9. The summed E-state index contributed by atoms with van der Waals surface area (Å²) in [5.74, 6) is -1.32. The topological polar surface area (TPSA) is 114 Å². The molecule has 1 aromatic rings. The van der Waals surface area contributed by atoms with Crippen LogP contribution < -0.4 is 5.73 Å². The second-order valence-corrected chi connectivity index (χ2v) is 5.39. The maximum absolute atomic E-state index is 12.4. The van der Waals surface area contributed by atoms with Crippen LogP contribution in [0.4, 0.5) is 0 Å². The number of carboxylic acids is 1. The molecule has 3 unspecified atom stereocenters. The maximum Gasteiger partial charge on any atom is 0.308 e. The Morgan fingerprint density at radius 1 is 1.45 bits per heavy atom. The van der Waals surface area contributed by atoms with Crippen molar-refractivity contribution in [3.05, 3.63) is 11.9 Å². The predicted molar refractivity (Wildman–Crippen MR) is 67.3 cm³/mol. The normalized spacial score (nSPS) is 28.1. The van der Waals surface area contributed by atoms with Crippen LogP contribution in [0.15, 0.2) is 6.20 Å². The lowest BCUT2D eigenvalue weighted by Gasteiger charge is -2.22. The van der Waals surface area contributed by atoms with Crippen molar-refractivity contribution in [2.45, 2.75) is 44.4 Å². The van der Waals surface area contributed by atoms with Crippen LogP contribution in [-0.4, -0.2) is 49.0 Å². The second-order valence-electron chi connectivity index (χ2n) is 5.39. The van der Waals surface area contributed by atoms with Gasteiger partial charge in [-0.1, -0.05) is 5.21 Å². The van der Waals surface area contributed by atoms with Gasteiger partial charge in [-0.2, -0.15) is 0 Å².